The fraction of sp³-hybridized carbons (Fsp3) is 0. The van der Waals surface area contributed by atoms with Crippen molar-refractivity contribution in [2.24, 2.45) is 0 Å². The number of carbonyl (C=O) groups excluding carboxylic acids is 1. The zero-order chi connectivity index (χ0) is 13.1. The lowest BCUT2D eigenvalue weighted by atomic mass is 10.3. The average Bonchev–Trinajstić information content (AvgIpc) is 2.32. The van der Waals surface area contributed by atoms with Crippen LogP contribution in [0.25, 0.3) is 0 Å². The maximum Gasteiger partial charge on any atom is 0.275 e. The first-order valence-corrected chi connectivity index (χ1v) is 5.66. The standard InChI is InChI=1S/C11H8Cl2N4O/c12-6-1-2-8(7(13)3-6)17-11(18)9-4-15-5-10(14)16-9/h1-5H,(H2,14,16)(H,17,18). The second kappa shape index (κ2) is 5.20. The fourth-order valence-electron chi connectivity index (χ4n) is 1.27. The van der Waals surface area contributed by atoms with Gasteiger partial charge in [0, 0.05) is 5.02 Å². The van der Waals surface area contributed by atoms with Crippen LogP contribution in [0.2, 0.25) is 10.0 Å². The molecule has 1 aromatic carbocycles. The second-order valence-electron chi connectivity index (χ2n) is 3.41. The predicted octanol–water partition coefficient (Wildman–Crippen LogP) is 2.62. The van der Waals surface area contributed by atoms with Gasteiger partial charge in [-0.25, -0.2) is 4.98 Å². The molecule has 92 valence electrons. The van der Waals surface area contributed by atoms with Gasteiger partial charge in [0.25, 0.3) is 5.91 Å². The number of nitrogen functional groups attached to an aromatic ring is 1. The molecule has 0 unspecified atom stereocenters. The van der Waals surface area contributed by atoms with Crippen LogP contribution in [0.3, 0.4) is 0 Å². The van der Waals surface area contributed by atoms with E-state index in [1.807, 2.05) is 0 Å². The second-order valence-corrected chi connectivity index (χ2v) is 4.25. The number of benzene rings is 1. The minimum absolute atomic E-state index is 0.112. The molecule has 1 amide bonds. The van der Waals surface area contributed by atoms with E-state index < -0.39 is 5.91 Å². The van der Waals surface area contributed by atoms with Crippen LogP contribution in [-0.4, -0.2) is 15.9 Å². The number of nitrogens with one attached hydrogen (secondary N) is 1. The van der Waals surface area contributed by atoms with Gasteiger partial charge in [-0.2, -0.15) is 0 Å². The first-order valence-electron chi connectivity index (χ1n) is 4.90. The molecule has 0 saturated heterocycles. The summed E-state index contributed by atoms with van der Waals surface area (Å²) < 4.78 is 0. The summed E-state index contributed by atoms with van der Waals surface area (Å²) >= 11 is 11.7. The molecular weight excluding hydrogens is 275 g/mol. The van der Waals surface area contributed by atoms with Crippen molar-refractivity contribution < 1.29 is 4.79 Å². The largest absolute Gasteiger partial charge is 0.382 e. The van der Waals surface area contributed by atoms with Crippen molar-refractivity contribution in [2.75, 3.05) is 11.1 Å². The highest BCUT2D eigenvalue weighted by Crippen LogP contribution is 2.25. The third kappa shape index (κ3) is 2.88. The number of aromatic nitrogens is 2. The number of halogens is 2. The van der Waals surface area contributed by atoms with Crippen molar-refractivity contribution in [2.45, 2.75) is 0 Å². The van der Waals surface area contributed by atoms with Gasteiger partial charge in [0.05, 0.1) is 23.1 Å². The molecule has 0 fully saturated rings. The number of nitrogens with zero attached hydrogens (tertiary/aromatic N) is 2. The molecule has 0 aliphatic rings. The number of hydrogen-bond donors (Lipinski definition) is 2. The summed E-state index contributed by atoms with van der Waals surface area (Å²) in [5.74, 6) is -0.274. The van der Waals surface area contributed by atoms with Crippen molar-refractivity contribution in [1.29, 1.82) is 0 Å². The Labute approximate surface area is 113 Å². The van der Waals surface area contributed by atoms with E-state index in [4.69, 9.17) is 28.9 Å². The predicted molar refractivity (Wildman–Crippen MR) is 70.9 cm³/mol. The summed E-state index contributed by atoms with van der Waals surface area (Å²) in [6.07, 6.45) is 2.67. The fourth-order valence-corrected chi connectivity index (χ4v) is 1.72. The van der Waals surface area contributed by atoms with E-state index in [9.17, 15) is 4.79 Å². The zero-order valence-corrected chi connectivity index (χ0v) is 10.5. The van der Waals surface area contributed by atoms with Crippen LogP contribution in [0.1, 0.15) is 10.5 Å². The van der Waals surface area contributed by atoms with Gasteiger partial charge in [0.2, 0.25) is 0 Å². The van der Waals surface area contributed by atoms with E-state index in [-0.39, 0.29) is 11.5 Å². The van der Waals surface area contributed by atoms with Gasteiger partial charge in [-0.3, -0.25) is 9.78 Å². The molecule has 2 rings (SSSR count). The number of rotatable bonds is 2. The van der Waals surface area contributed by atoms with Crippen LogP contribution in [0, 0.1) is 0 Å². The van der Waals surface area contributed by atoms with E-state index >= 15 is 0 Å². The lowest BCUT2D eigenvalue weighted by Gasteiger charge is -2.06. The monoisotopic (exact) mass is 282 g/mol. The molecule has 0 spiro atoms. The number of carbonyl (C=O) groups is 1. The molecule has 3 N–H and O–H groups in total. The van der Waals surface area contributed by atoms with Gasteiger partial charge < -0.3 is 11.1 Å². The van der Waals surface area contributed by atoms with E-state index in [1.54, 1.807) is 12.1 Å². The average molecular weight is 283 g/mol. The quantitative estimate of drug-likeness (QED) is 0.887. The molecule has 2 aromatic rings. The number of hydrogen-bond acceptors (Lipinski definition) is 4. The van der Waals surface area contributed by atoms with Gasteiger partial charge in [-0.05, 0) is 18.2 Å². The maximum atomic E-state index is 11.8. The third-order valence-electron chi connectivity index (χ3n) is 2.07. The lowest BCUT2D eigenvalue weighted by molar-refractivity contribution is 0.102. The Bertz CT molecular complexity index is 603. The van der Waals surface area contributed by atoms with Crippen molar-refractivity contribution >= 4 is 40.6 Å². The molecule has 1 heterocycles. The van der Waals surface area contributed by atoms with E-state index in [2.05, 4.69) is 15.3 Å². The number of anilines is 2. The normalized spacial score (nSPS) is 10.1. The Hall–Kier alpha value is -1.85. The van der Waals surface area contributed by atoms with Crippen LogP contribution in [0.4, 0.5) is 11.5 Å². The molecule has 0 saturated carbocycles. The van der Waals surface area contributed by atoms with Crippen LogP contribution in [-0.2, 0) is 0 Å². The molecule has 0 aliphatic carbocycles. The summed E-state index contributed by atoms with van der Waals surface area (Å²) in [6, 6.07) is 4.75. The van der Waals surface area contributed by atoms with E-state index in [0.29, 0.717) is 15.7 Å². The zero-order valence-electron chi connectivity index (χ0n) is 9.02. The summed E-state index contributed by atoms with van der Waals surface area (Å²) in [4.78, 5) is 19.5. The summed E-state index contributed by atoms with van der Waals surface area (Å²) in [6.45, 7) is 0. The van der Waals surface area contributed by atoms with Gasteiger partial charge in [0.1, 0.15) is 11.5 Å². The van der Waals surface area contributed by atoms with Crippen LogP contribution >= 0.6 is 23.2 Å². The van der Waals surface area contributed by atoms with E-state index in [1.165, 1.54) is 18.5 Å². The first kappa shape index (κ1) is 12.6. The van der Waals surface area contributed by atoms with Crippen molar-refractivity contribution in [3.8, 4) is 0 Å². The Balaban J connectivity index is 2.21. The number of amides is 1. The Morgan fingerprint density at radius 3 is 2.72 bits per heavy atom. The topological polar surface area (TPSA) is 80.9 Å². The Morgan fingerprint density at radius 1 is 1.28 bits per heavy atom. The van der Waals surface area contributed by atoms with Gasteiger partial charge in [0.15, 0.2) is 0 Å². The van der Waals surface area contributed by atoms with Crippen LogP contribution in [0.5, 0.6) is 0 Å². The molecule has 0 aliphatic heterocycles. The lowest BCUT2D eigenvalue weighted by Crippen LogP contribution is -2.15. The molecule has 5 nitrogen and oxygen atoms in total. The molecule has 0 radical (unpaired) electrons. The molecule has 0 bridgehead atoms. The van der Waals surface area contributed by atoms with Crippen LogP contribution in [0.15, 0.2) is 30.6 Å². The summed E-state index contributed by atoms with van der Waals surface area (Å²) in [7, 11) is 0. The molecule has 1 aromatic heterocycles. The highest BCUT2D eigenvalue weighted by molar-refractivity contribution is 6.36. The molecule has 0 atom stereocenters. The maximum absolute atomic E-state index is 11.8. The minimum atomic E-state index is -0.445. The van der Waals surface area contributed by atoms with Crippen molar-refractivity contribution in [3.05, 3.63) is 46.3 Å². The van der Waals surface area contributed by atoms with Crippen molar-refractivity contribution in [1.82, 2.24) is 9.97 Å². The molecule has 18 heavy (non-hydrogen) atoms. The van der Waals surface area contributed by atoms with Gasteiger partial charge >= 0.3 is 0 Å². The smallest absolute Gasteiger partial charge is 0.275 e. The first-order chi connectivity index (χ1) is 8.56. The van der Waals surface area contributed by atoms with E-state index in [0.717, 1.165) is 0 Å². The minimum Gasteiger partial charge on any atom is -0.382 e. The Morgan fingerprint density at radius 2 is 2.06 bits per heavy atom. The van der Waals surface area contributed by atoms with Crippen molar-refractivity contribution in [3.63, 3.8) is 0 Å². The highest BCUT2D eigenvalue weighted by atomic mass is 35.5. The molecular formula is C11H8Cl2N4O. The molecule has 7 heteroatoms. The van der Waals surface area contributed by atoms with Gasteiger partial charge in [-0.15, -0.1) is 0 Å². The van der Waals surface area contributed by atoms with Gasteiger partial charge in [-0.1, -0.05) is 23.2 Å². The summed E-state index contributed by atoms with van der Waals surface area (Å²) in [5.41, 5.74) is 5.99. The third-order valence-corrected chi connectivity index (χ3v) is 2.61. The SMILES string of the molecule is Nc1cncc(C(=O)Nc2ccc(Cl)cc2Cl)n1. The highest BCUT2D eigenvalue weighted by Gasteiger charge is 2.10. The Kier molecular flexibility index (Phi) is 3.64. The van der Waals surface area contributed by atoms with Crippen LogP contribution < -0.4 is 11.1 Å². The summed E-state index contributed by atoms with van der Waals surface area (Å²) in [5, 5.41) is 3.42. The number of nitrogens with two attached hydrogens (primary N) is 1.